The molecule has 0 bridgehead atoms. The quantitative estimate of drug-likeness (QED) is 0.155. The Morgan fingerprint density at radius 1 is 1.22 bits per heavy atom. The van der Waals surface area contributed by atoms with Crippen molar-refractivity contribution in [1.82, 2.24) is 25.7 Å². The van der Waals surface area contributed by atoms with E-state index in [4.69, 9.17) is 9.47 Å². The molecule has 0 radical (unpaired) electrons. The number of nitrogens with one attached hydrogen (secondary N) is 4. The Balaban J connectivity index is 1.72. The summed E-state index contributed by atoms with van der Waals surface area (Å²) >= 11 is 0. The van der Waals surface area contributed by atoms with Gasteiger partial charge in [-0.3, -0.25) is 20.4 Å². The zero-order valence-corrected chi connectivity index (χ0v) is 22.9. The molecular formula is C24H38N6O5Si. The van der Waals surface area contributed by atoms with Gasteiger partial charge in [-0.25, -0.2) is 9.78 Å². The number of carbonyl (C=O) groups is 3. The van der Waals surface area contributed by atoms with E-state index in [1.165, 1.54) is 6.20 Å². The van der Waals surface area contributed by atoms with Crippen molar-refractivity contribution >= 4 is 43.2 Å². The van der Waals surface area contributed by atoms with Crippen molar-refractivity contribution in [2.45, 2.75) is 83.7 Å². The second-order valence-corrected chi connectivity index (χ2v) is 16.9. The Bertz CT molecular complexity index is 1090. The Labute approximate surface area is 212 Å². The number of hydrogen-bond acceptors (Lipinski definition) is 7. The first kappa shape index (κ1) is 27.5. The molecule has 1 saturated carbocycles. The largest absolute Gasteiger partial charge is 0.444 e. The lowest BCUT2D eigenvalue weighted by Crippen LogP contribution is -2.51. The maximum atomic E-state index is 12.7. The zero-order valence-electron chi connectivity index (χ0n) is 21.9. The molecule has 3 rings (SSSR count). The molecule has 0 spiro atoms. The van der Waals surface area contributed by atoms with Crippen LogP contribution in [0.4, 0.5) is 10.5 Å². The number of rotatable bonds is 11. The Kier molecular flexibility index (Phi) is 8.62. The van der Waals surface area contributed by atoms with Crippen LogP contribution >= 0.6 is 0 Å². The van der Waals surface area contributed by atoms with Crippen LogP contribution in [-0.4, -0.2) is 60.3 Å². The van der Waals surface area contributed by atoms with Crippen molar-refractivity contribution in [1.29, 1.82) is 0 Å². The zero-order chi connectivity index (χ0) is 26.5. The van der Waals surface area contributed by atoms with Gasteiger partial charge in [0.25, 0.3) is 5.91 Å². The molecule has 0 saturated heterocycles. The van der Waals surface area contributed by atoms with Gasteiger partial charge < -0.3 is 24.7 Å². The molecule has 36 heavy (non-hydrogen) atoms. The highest BCUT2D eigenvalue weighted by atomic mass is 28.3. The van der Waals surface area contributed by atoms with E-state index in [0.29, 0.717) is 49.5 Å². The second-order valence-electron chi connectivity index (χ2n) is 11.3. The lowest BCUT2D eigenvalue weighted by molar-refractivity contribution is -0.110. The standard InChI is InChI=1S/C24H38N6O5Si/c1-24(2,3)35-23(33)28-17-11-16(12-17)27-20-18-7-8-30(15-34-9-10-36(4,5)6)21(18)25-13-19(20)22(32)29-26-14-31/h7-8,13-14,16-17H,9-12,15H2,1-6H3,(H,25,27)(H,26,31)(H,28,33)(H,29,32)/t16-,17+. The summed E-state index contributed by atoms with van der Waals surface area (Å²) < 4.78 is 13.1. The minimum Gasteiger partial charge on any atom is -0.444 e. The number of hydrogen-bond donors (Lipinski definition) is 4. The van der Waals surface area contributed by atoms with Gasteiger partial charge in [0.2, 0.25) is 6.41 Å². The van der Waals surface area contributed by atoms with Crippen LogP contribution in [0.25, 0.3) is 11.0 Å². The van der Waals surface area contributed by atoms with E-state index in [1.807, 2.05) is 37.6 Å². The van der Waals surface area contributed by atoms with E-state index in [2.05, 4.69) is 46.1 Å². The normalized spacial score (nSPS) is 17.7. The van der Waals surface area contributed by atoms with Crippen molar-refractivity contribution < 1.29 is 23.9 Å². The number of aromatic nitrogens is 2. The van der Waals surface area contributed by atoms with Gasteiger partial charge in [-0.05, 0) is 45.7 Å². The molecule has 4 N–H and O–H groups in total. The minimum absolute atomic E-state index is 0.0203. The summed E-state index contributed by atoms with van der Waals surface area (Å²) in [4.78, 5) is 39.9. The number of fused-ring (bicyclic) bond motifs is 1. The molecule has 3 amide bonds. The molecule has 2 aromatic heterocycles. The second kappa shape index (κ2) is 11.3. The van der Waals surface area contributed by atoms with Gasteiger partial charge in [0, 0.05) is 44.5 Å². The monoisotopic (exact) mass is 518 g/mol. The number of anilines is 1. The lowest BCUT2D eigenvalue weighted by Gasteiger charge is -2.37. The number of pyridine rings is 1. The van der Waals surface area contributed by atoms with Gasteiger partial charge in [0.15, 0.2) is 0 Å². The highest BCUT2D eigenvalue weighted by Crippen LogP contribution is 2.32. The maximum absolute atomic E-state index is 12.7. The summed E-state index contributed by atoms with van der Waals surface area (Å²) in [5, 5.41) is 7.09. The molecule has 1 aliphatic carbocycles. The first-order chi connectivity index (χ1) is 16.9. The molecule has 12 heteroatoms. The average molecular weight is 519 g/mol. The van der Waals surface area contributed by atoms with Crippen molar-refractivity contribution in [3.63, 3.8) is 0 Å². The molecule has 1 fully saturated rings. The van der Waals surface area contributed by atoms with Crippen molar-refractivity contribution in [3.05, 3.63) is 24.0 Å². The van der Waals surface area contributed by atoms with Crippen LogP contribution in [0, 0.1) is 0 Å². The molecule has 0 atom stereocenters. The Hall–Kier alpha value is -3.12. The number of carbonyl (C=O) groups excluding carboxylic acids is 3. The first-order valence-corrected chi connectivity index (χ1v) is 15.9. The fraction of sp³-hybridized carbons (Fsp3) is 0.583. The van der Waals surface area contributed by atoms with Gasteiger partial charge in [0.1, 0.15) is 18.0 Å². The third-order valence-electron chi connectivity index (χ3n) is 5.71. The van der Waals surface area contributed by atoms with Gasteiger partial charge in [-0.15, -0.1) is 0 Å². The maximum Gasteiger partial charge on any atom is 0.407 e. The summed E-state index contributed by atoms with van der Waals surface area (Å²) in [6, 6.07) is 2.98. The molecule has 0 aromatic carbocycles. The SMILES string of the molecule is CC(C)(C)OC(=O)N[C@H]1C[C@@H](Nc2c(C(=O)NNC=O)cnc3c2ccn3COCC[Si](C)(C)C)C1. The average Bonchev–Trinajstić information content (AvgIpc) is 3.15. The van der Waals surface area contributed by atoms with Gasteiger partial charge in [-0.2, -0.15) is 0 Å². The highest BCUT2D eigenvalue weighted by molar-refractivity contribution is 6.76. The lowest BCUT2D eigenvalue weighted by atomic mass is 9.86. The van der Waals surface area contributed by atoms with Crippen LogP contribution < -0.4 is 21.5 Å². The molecule has 2 heterocycles. The van der Waals surface area contributed by atoms with Crippen LogP contribution in [-0.2, 0) is 21.0 Å². The number of amides is 3. The summed E-state index contributed by atoms with van der Waals surface area (Å²) in [5.41, 5.74) is 5.58. The summed E-state index contributed by atoms with van der Waals surface area (Å²) in [7, 11) is -1.19. The van der Waals surface area contributed by atoms with Crippen LogP contribution in [0.15, 0.2) is 18.5 Å². The number of nitrogens with zero attached hydrogens (tertiary/aromatic N) is 2. The number of hydrazine groups is 1. The molecule has 0 unspecified atom stereocenters. The fourth-order valence-electron chi connectivity index (χ4n) is 3.81. The van der Waals surface area contributed by atoms with Crippen molar-refractivity contribution in [2.24, 2.45) is 0 Å². The molecule has 1 aliphatic rings. The summed E-state index contributed by atoms with van der Waals surface area (Å²) in [6.45, 7) is 13.4. The fourth-order valence-corrected chi connectivity index (χ4v) is 4.56. The predicted molar refractivity (Wildman–Crippen MR) is 140 cm³/mol. The van der Waals surface area contributed by atoms with E-state index in [1.54, 1.807) is 0 Å². The van der Waals surface area contributed by atoms with E-state index < -0.39 is 25.7 Å². The van der Waals surface area contributed by atoms with E-state index in [9.17, 15) is 14.4 Å². The molecular weight excluding hydrogens is 480 g/mol. The van der Waals surface area contributed by atoms with E-state index in [-0.39, 0.29) is 12.1 Å². The van der Waals surface area contributed by atoms with Gasteiger partial charge in [-0.1, -0.05) is 19.6 Å². The first-order valence-electron chi connectivity index (χ1n) is 12.2. The molecule has 11 nitrogen and oxygen atoms in total. The number of alkyl carbamates (subject to hydrolysis) is 1. The summed E-state index contributed by atoms with van der Waals surface area (Å²) in [6.07, 6.45) is 4.68. The smallest absolute Gasteiger partial charge is 0.407 e. The topological polar surface area (TPSA) is 136 Å². The van der Waals surface area contributed by atoms with Crippen molar-refractivity contribution in [2.75, 3.05) is 11.9 Å². The van der Waals surface area contributed by atoms with Gasteiger partial charge >= 0.3 is 6.09 Å². The Morgan fingerprint density at radius 3 is 2.58 bits per heavy atom. The predicted octanol–water partition coefficient (Wildman–Crippen LogP) is 3.21. The molecule has 0 aliphatic heterocycles. The molecule has 2 aromatic rings. The van der Waals surface area contributed by atoms with Crippen LogP contribution in [0.3, 0.4) is 0 Å². The highest BCUT2D eigenvalue weighted by Gasteiger charge is 2.33. The van der Waals surface area contributed by atoms with Crippen LogP contribution in [0.1, 0.15) is 44.0 Å². The Morgan fingerprint density at radius 2 is 1.94 bits per heavy atom. The third kappa shape index (κ3) is 7.69. The van der Waals surface area contributed by atoms with Crippen LogP contribution in [0.2, 0.25) is 25.7 Å². The van der Waals surface area contributed by atoms with Crippen LogP contribution in [0.5, 0.6) is 0 Å². The third-order valence-corrected chi connectivity index (χ3v) is 7.42. The summed E-state index contributed by atoms with van der Waals surface area (Å²) in [5.74, 6) is -0.485. The van der Waals surface area contributed by atoms with Crippen molar-refractivity contribution in [3.8, 4) is 0 Å². The van der Waals surface area contributed by atoms with Gasteiger partial charge in [0.05, 0.1) is 11.3 Å². The number of ether oxygens (including phenoxy) is 2. The minimum atomic E-state index is -1.19. The molecule has 198 valence electrons. The van der Waals surface area contributed by atoms with E-state index in [0.717, 1.165) is 11.4 Å². The van der Waals surface area contributed by atoms with E-state index >= 15 is 0 Å².